The van der Waals surface area contributed by atoms with Crippen molar-refractivity contribution in [2.24, 2.45) is 5.73 Å². The third-order valence-corrected chi connectivity index (χ3v) is 2.32. The van der Waals surface area contributed by atoms with Crippen LogP contribution in [0.2, 0.25) is 0 Å². The molecule has 0 radical (unpaired) electrons. The predicted molar refractivity (Wildman–Crippen MR) is 64.7 cm³/mol. The van der Waals surface area contributed by atoms with Gasteiger partial charge in [0.2, 0.25) is 5.91 Å². The summed E-state index contributed by atoms with van der Waals surface area (Å²) in [6.45, 7) is 0.342. The van der Waals surface area contributed by atoms with E-state index < -0.39 is 23.4 Å². The normalized spacial score (nSPS) is 10.1. The van der Waals surface area contributed by atoms with Gasteiger partial charge < -0.3 is 21.9 Å². The number of nitrogens with two attached hydrogens (primary N) is 2. The minimum absolute atomic E-state index is 0.187. The molecule has 0 saturated carbocycles. The van der Waals surface area contributed by atoms with E-state index in [0.717, 1.165) is 6.07 Å². The molecule has 7 heteroatoms. The molecule has 1 rings (SSSR count). The third-order valence-electron chi connectivity index (χ3n) is 2.32. The van der Waals surface area contributed by atoms with E-state index in [2.05, 4.69) is 5.32 Å². The van der Waals surface area contributed by atoms with E-state index >= 15 is 0 Å². The predicted octanol–water partition coefficient (Wildman–Crippen LogP) is 0.783. The Balaban J connectivity index is 2.79. The van der Waals surface area contributed by atoms with Crippen molar-refractivity contribution in [1.29, 1.82) is 0 Å². The summed E-state index contributed by atoms with van der Waals surface area (Å²) in [6, 6.07) is 2.37. The number of nitrogens with one attached hydrogen (secondary N) is 1. The van der Waals surface area contributed by atoms with Crippen LogP contribution in [0, 0.1) is 5.82 Å². The SMILES string of the molecule is NC(=O)CCCNc1ccc(F)c(N)c1C(=O)O. The molecular weight excluding hydrogens is 241 g/mol. The van der Waals surface area contributed by atoms with Crippen LogP contribution >= 0.6 is 0 Å². The Morgan fingerprint density at radius 2 is 2.06 bits per heavy atom. The first-order valence-electron chi connectivity index (χ1n) is 5.27. The second-order valence-corrected chi connectivity index (χ2v) is 3.69. The Hall–Kier alpha value is -2.31. The summed E-state index contributed by atoms with van der Waals surface area (Å²) in [5.74, 6) is -2.53. The summed E-state index contributed by atoms with van der Waals surface area (Å²) in [7, 11) is 0. The Morgan fingerprint density at radius 1 is 1.39 bits per heavy atom. The van der Waals surface area contributed by atoms with Crippen LogP contribution in [0.15, 0.2) is 12.1 Å². The average molecular weight is 255 g/mol. The lowest BCUT2D eigenvalue weighted by Crippen LogP contribution is -2.14. The number of aromatic carboxylic acids is 1. The Morgan fingerprint density at radius 3 is 2.61 bits per heavy atom. The van der Waals surface area contributed by atoms with E-state index in [0.29, 0.717) is 13.0 Å². The number of carbonyl (C=O) groups excluding carboxylic acids is 1. The Bertz CT molecular complexity index is 477. The lowest BCUT2D eigenvalue weighted by molar-refractivity contribution is -0.118. The van der Waals surface area contributed by atoms with Crippen LogP contribution in [0.1, 0.15) is 23.2 Å². The standard InChI is InChI=1S/C11H14FN3O3/c12-6-3-4-7(9(10(6)14)11(17)18)15-5-1-2-8(13)16/h3-4,15H,1-2,5,14H2,(H2,13,16)(H,17,18). The number of hydrogen-bond donors (Lipinski definition) is 4. The van der Waals surface area contributed by atoms with Crippen molar-refractivity contribution in [2.45, 2.75) is 12.8 Å². The molecule has 1 amide bonds. The third kappa shape index (κ3) is 3.34. The number of anilines is 2. The van der Waals surface area contributed by atoms with Crippen molar-refractivity contribution in [3.8, 4) is 0 Å². The van der Waals surface area contributed by atoms with Crippen molar-refractivity contribution in [3.05, 3.63) is 23.5 Å². The van der Waals surface area contributed by atoms with Crippen LogP contribution < -0.4 is 16.8 Å². The van der Waals surface area contributed by atoms with Crippen molar-refractivity contribution in [3.63, 3.8) is 0 Å². The molecule has 0 atom stereocenters. The highest BCUT2D eigenvalue weighted by Crippen LogP contribution is 2.25. The van der Waals surface area contributed by atoms with E-state index in [-0.39, 0.29) is 17.7 Å². The fourth-order valence-electron chi connectivity index (χ4n) is 1.46. The number of hydrogen-bond acceptors (Lipinski definition) is 4. The number of carbonyl (C=O) groups is 2. The molecule has 0 aromatic heterocycles. The first kappa shape index (κ1) is 13.8. The molecule has 18 heavy (non-hydrogen) atoms. The van der Waals surface area contributed by atoms with Gasteiger partial charge in [-0.25, -0.2) is 9.18 Å². The quantitative estimate of drug-likeness (QED) is 0.442. The van der Waals surface area contributed by atoms with Crippen LogP contribution in [0.3, 0.4) is 0 Å². The van der Waals surface area contributed by atoms with Gasteiger partial charge in [0.05, 0.1) is 11.4 Å². The monoisotopic (exact) mass is 255 g/mol. The zero-order valence-corrected chi connectivity index (χ0v) is 9.57. The van der Waals surface area contributed by atoms with E-state index in [1.54, 1.807) is 0 Å². The molecule has 0 saturated heterocycles. The minimum atomic E-state index is -1.32. The number of nitrogen functional groups attached to an aromatic ring is 1. The van der Waals surface area contributed by atoms with Gasteiger partial charge in [-0.15, -0.1) is 0 Å². The summed E-state index contributed by atoms with van der Waals surface area (Å²) in [4.78, 5) is 21.5. The van der Waals surface area contributed by atoms with Crippen LogP contribution in [0.5, 0.6) is 0 Å². The smallest absolute Gasteiger partial charge is 0.340 e. The van der Waals surface area contributed by atoms with Crippen molar-refractivity contribution < 1.29 is 19.1 Å². The molecule has 0 fully saturated rings. The van der Waals surface area contributed by atoms with Crippen LogP contribution in [-0.4, -0.2) is 23.5 Å². The average Bonchev–Trinajstić information content (AvgIpc) is 2.28. The maximum absolute atomic E-state index is 13.1. The molecule has 98 valence electrons. The molecule has 0 aliphatic heterocycles. The number of halogens is 1. The fourth-order valence-corrected chi connectivity index (χ4v) is 1.46. The van der Waals surface area contributed by atoms with E-state index in [9.17, 15) is 14.0 Å². The van der Waals surface area contributed by atoms with Gasteiger partial charge in [-0.3, -0.25) is 4.79 Å². The second kappa shape index (κ2) is 5.85. The number of benzene rings is 1. The summed E-state index contributed by atoms with van der Waals surface area (Å²) in [5.41, 5.74) is 9.82. The fraction of sp³-hybridized carbons (Fsp3) is 0.273. The van der Waals surface area contributed by atoms with Gasteiger partial charge in [0.15, 0.2) is 0 Å². The van der Waals surface area contributed by atoms with Gasteiger partial charge in [0, 0.05) is 13.0 Å². The molecular formula is C11H14FN3O3. The number of amides is 1. The maximum atomic E-state index is 13.1. The molecule has 1 aromatic rings. The molecule has 6 nitrogen and oxygen atoms in total. The zero-order valence-electron chi connectivity index (χ0n) is 9.57. The van der Waals surface area contributed by atoms with Gasteiger partial charge in [-0.05, 0) is 18.6 Å². The van der Waals surface area contributed by atoms with Gasteiger partial charge in [0.25, 0.3) is 0 Å². The van der Waals surface area contributed by atoms with E-state index in [1.807, 2.05) is 0 Å². The zero-order chi connectivity index (χ0) is 13.7. The molecule has 0 aliphatic carbocycles. The van der Waals surface area contributed by atoms with Gasteiger partial charge in [-0.1, -0.05) is 0 Å². The number of primary amides is 1. The van der Waals surface area contributed by atoms with E-state index in [4.69, 9.17) is 16.6 Å². The number of carboxylic acids is 1. The summed E-state index contributed by atoms with van der Waals surface area (Å²) >= 11 is 0. The van der Waals surface area contributed by atoms with Gasteiger partial charge >= 0.3 is 5.97 Å². The van der Waals surface area contributed by atoms with Crippen LogP contribution in [0.4, 0.5) is 15.8 Å². The molecule has 0 unspecified atom stereocenters. The van der Waals surface area contributed by atoms with Crippen LogP contribution in [0.25, 0.3) is 0 Å². The molecule has 0 aliphatic rings. The highest BCUT2D eigenvalue weighted by molar-refractivity contribution is 6.00. The molecule has 1 aromatic carbocycles. The summed E-state index contributed by atoms with van der Waals surface area (Å²) < 4.78 is 13.1. The van der Waals surface area contributed by atoms with Crippen LogP contribution in [-0.2, 0) is 4.79 Å². The first-order chi connectivity index (χ1) is 8.43. The van der Waals surface area contributed by atoms with Crippen molar-refractivity contribution in [1.82, 2.24) is 0 Å². The van der Waals surface area contributed by atoms with Crippen molar-refractivity contribution >= 4 is 23.3 Å². The topological polar surface area (TPSA) is 118 Å². The lowest BCUT2D eigenvalue weighted by Gasteiger charge is -2.11. The Labute approximate surface area is 103 Å². The Kier molecular flexibility index (Phi) is 4.47. The molecule has 0 heterocycles. The highest BCUT2D eigenvalue weighted by Gasteiger charge is 2.17. The van der Waals surface area contributed by atoms with Gasteiger partial charge in [0.1, 0.15) is 11.4 Å². The molecule has 0 bridgehead atoms. The highest BCUT2D eigenvalue weighted by atomic mass is 19.1. The lowest BCUT2D eigenvalue weighted by atomic mass is 10.1. The minimum Gasteiger partial charge on any atom is -0.478 e. The maximum Gasteiger partial charge on any atom is 0.340 e. The second-order valence-electron chi connectivity index (χ2n) is 3.69. The van der Waals surface area contributed by atoms with Crippen molar-refractivity contribution in [2.75, 3.05) is 17.6 Å². The van der Waals surface area contributed by atoms with Gasteiger partial charge in [-0.2, -0.15) is 0 Å². The number of carboxylic acid groups (broad SMARTS) is 1. The first-order valence-corrected chi connectivity index (χ1v) is 5.27. The van der Waals surface area contributed by atoms with E-state index in [1.165, 1.54) is 6.07 Å². The number of rotatable bonds is 6. The molecule has 0 spiro atoms. The summed E-state index contributed by atoms with van der Waals surface area (Å²) in [5, 5.41) is 11.7. The molecule has 6 N–H and O–H groups in total. The summed E-state index contributed by atoms with van der Waals surface area (Å²) in [6.07, 6.45) is 0.637. The largest absolute Gasteiger partial charge is 0.478 e.